The highest BCUT2D eigenvalue weighted by Crippen LogP contribution is 2.13. The fourth-order valence-electron chi connectivity index (χ4n) is 0.995. The van der Waals surface area contributed by atoms with Crippen LogP contribution in [0.1, 0.15) is 0 Å². The zero-order chi connectivity index (χ0) is 18.3. The molecule has 128 valence electrons. The molecular weight excluding hydrogens is 336 g/mol. The van der Waals surface area contributed by atoms with E-state index < -0.39 is 24.3 Å². The molecule has 3 N–H and O–H groups in total. The first-order chi connectivity index (χ1) is 10.4. The van der Waals surface area contributed by atoms with Gasteiger partial charge >= 0.3 is 24.3 Å². The van der Waals surface area contributed by atoms with Crippen LogP contribution in [0.15, 0.2) is 36.7 Å². The van der Waals surface area contributed by atoms with Crippen molar-refractivity contribution in [1.29, 1.82) is 0 Å². The Morgan fingerprint density at radius 3 is 1.26 bits per heavy atom. The van der Waals surface area contributed by atoms with E-state index in [0.29, 0.717) is 0 Å². The lowest BCUT2D eigenvalue weighted by Crippen LogP contribution is -2.21. The van der Waals surface area contributed by atoms with Gasteiger partial charge in [0.15, 0.2) is 0 Å². The molecule has 0 aliphatic rings. The standard InChI is InChI=1S/C8H7N.2C2HF3O2/c1-2-4-8-6-9-5-7(8)3-1;2*3-2(4,5)1(6)7/h1-6,9H;2*(H,6,7). The number of benzene rings is 1. The minimum atomic E-state index is -5.08. The number of carboxylic acid groups (broad SMARTS) is 2. The first kappa shape index (κ1) is 20.3. The van der Waals surface area contributed by atoms with Crippen LogP contribution in [-0.2, 0) is 9.59 Å². The summed E-state index contributed by atoms with van der Waals surface area (Å²) < 4.78 is 63.5. The Labute approximate surface area is 124 Å². The normalized spacial score (nSPS) is 10.9. The molecule has 1 heterocycles. The van der Waals surface area contributed by atoms with Crippen molar-refractivity contribution in [2.75, 3.05) is 0 Å². The molecule has 0 saturated heterocycles. The summed E-state index contributed by atoms with van der Waals surface area (Å²) >= 11 is 0. The Balaban J connectivity index is 0.000000322. The number of rotatable bonds is 0. The Morgan fingerprint density at radius 2 is 1.04 bits per heavy atom. The molecule has 0 radical (unpaired) electrons. The van der Waals surface area contributed by atoms with Gasteiger partial charge in [0, 0.05) is 12.4 Å². The Morgan fingerprint density at radius 1 is 0.783 bits per heavy atom. The number of carboxylic acids is 2. The van der Waals surface area contributed by atoms with Crippen LogP contribution in [0, 0.1) is 0 Å². The molecular formula is C12H9F6NO4. The molecule has 0 aliphatic heterocycles. The number of nitrogens with one attached hydrogen (secondary N) is 1. The van der Waals surface area contributed by atoms with Crippen molar-refractivity contribution in [2.45, 2.75) is 12.4 Å². The average Bonchev–Trinajstić information content (AvgIpc) is 2.86. The number of aliphatic carboxylic acids is 2. The predicted octanol–water partition coefficient (Wildman–Crippen LogP) is 3.43. The fraction of sp³-hybridized carbons (Fsp3) is 0.167. The number of H-pyrrole nitrogens is 1. The van der Waals surface area contributed by atoms with Crippen LogP contribution in [0.4, 0.5) is 26.3 Å². The number of aromatic nitrogens is 1. The third-order valence-corrected chi connectivity index (χ3v) is 1.96. The topological polar surface area (TPSA) is 90.4 Å². The molecule has 1 aromatic heterocycles. The maximum Gasteiger partial charge on any atom is 0.490 e. The van der Waals surface area contributed by atoms with Gasteiger partial charge in [-0.15, -0.1) is 0 Å². The van der Waals surface area contributed by atoms with Crippen LogP contribution >= 0.6 is 0 Å². The van der Waals surface area contributed by atoms with Gasteiger partial charge in [0.05, 0.1) is 0 Å². The van der Waals surface area contributed by atoms with E-state index in [2.05, 4.69) is 17.1 Å². The van der Waals surface area contributed by atoms with Gasteiger partial charge < -0.3 is 15.2 Å². The molecule has 0 saturated carbocycles. The van der Waals surface area contributed by atoms with E-state index in [-0.39, 0.29) is 0 Å². The predicted molar refractivity (Wildman–Crippen MR) is 65.7 cm³/mol. The van der Waals surface area contributed by atoms with Gasteiger partial charge in [0.25, 0.3) is 0 Å². The largest absolute Gasteiger partial charge is 0.490 e. The molecule has 2 rings (SSSR count). The van der Waals surface area contributed by atoms with Gasteiger partial charge in [0.2, 0.25) is 0 Å². The number of hydrogen-bond donors (Lipinski definition) is 3. The van der Waals surface area contributed by atoms with Gasteiger partial charge in [-0.2, -0.15) is 26.3 Å². The SMILES string of the molecule is O=C(O)C(F)(F)F.O=C(O)C(F)(F)F.c1ccc2c[nH]cc2c1. The van der Waals surface area contributed by atoms with Crippen molar-refractivity contribution >= 4 is 22.7 Å². The zero-order valence-corrected chi connectivity index (χ0v) is 10.9. The van der Waals surface area contributed by atoms with Crippen LogP contribution in [0.5, 0.6) is 0 Å². The third-order valence-electron chi connectivity index (χ3n) is 1.96. The van der Waals surface area contributed by atoms with Crippen LogP contribution in [-0.4, -0.2) is 39.5 Å². The molecule has 0 atom stereocenters. The Bertz CT molecular complexity index is 593. The van der Waals surface area contributed by atoms with Crippen LogP contribution in [0.3, 0.4) is 0 Å². The second kappa shape index (κ2) is 8.06. The lowest BCUT2D eigenvalue weighted by molar-refractivity contribution is -0.193. The van der Waals surface area contributed by atoms with E-state index >= 15 is 0 Å². The quantitative estimate of drug-likeness (QED) is 0.638. The molecule has 0 amide bonds. The van der Waals surface area contributed by atoms with E-state index in [4.69, 9.17) is 19.8 Å². The summed E-state index contributed by atoms with van der Waals surface area (Å²) in [5.41, 5.74) is 0. The first-order valence-electron chi connectivity index (χ1n) is 5.47. The zero-order valence-electron chi connectivity index (χ0n) is 10.9. The highest BCUT2D eigenvalue weighted by molar-refractivity contribution is 5.81. The van der Waals surface area contributed by atoms with E-state index in [0.717, 1.165) is 0 Å². The average molecular weight is 345 g/mol. The minimum Gasteiger partial charge on any atom is -0.475 e. The summed E-state index contributed by atoms with van der Waals surface area (Å²) in [4.78, 5) is 20.8. The molecule has 0 fully saturated rings. The van der Waals surface area contributed by atoms with Gasteiger partial charge in [-0.25, -0.2) is 9.59 Å². The summed E-state index contributed by atoms with van der Waals surface area (Å²) in [6.45, 7) is 0. The molecule has 11 heteroatoms. The van der Waals surface area contributed by atoms with Crippen molar-refractivity contribution in [3.8, 4) is 0 Å². The number of halogens is 6. The third kappa shape index (κ3) is 8.34. The monoisotopic (exact) mass is 345 g/mol. The maximum atomic E-state index is 10.6. The number of fused-ring (bicyclic) bond motifs is 1. The molecule has 0 unspecified atom stereocenters. The highest BCUT2D eigenvalue weighted by atomic mass is 19.4. The molecule has 0 spiro atoms. The molecule has 1 aromatic carbocycles. The summed E-state index contributed by atoms with van der Waals surface area (Å²) in [6, 6.07) is 8.25. The van der Waals surface area contributed by atoms with Gasteiger partial charge in [-0.1, -0.05) is 24.3 Å². The summed E-state index contributed by atoms with van der Waals surface area (Å²) in [5, 5.41) is 16.8. The van der Waals surface area contributed by atoms with Crippen LogP contribution in [0.2, 0.25) is 0 Å². The van der Waals surface area contributed by atoms with Crippen LogP contribution < -0.4 is 0 Å². The summed E-state index contributed by atoms with van der Waals surface area (Å²) in [7, 11) is 0. The van der Waals surface area contributed by atoms with E-state index in [1.54, 1.807) is 0 Å². The van der Waals surface area contributed by atoms with Crippen molar-refractivity contribution in [3.05, 3.63) is 36.7 Å². The van der Waals surface area contributed by atoms with E-state index in [1.807, 2.05) is 24.5 Å². The van der Waals surface area contributed by atoms with Crippen molar-refractivity contribution in [1.82, 2.24) is 4.98 Å². The van der Waals surface area contributed by atoms with Crippen molar-refractivity contribution < 1.29 is 46.1 Å². The molecule has 0 bridgehead atoms. The number of hydrogen-bond acceptors (Lipinski definition) is 2. The number of alkyl halides is 6. The summed E-state index contributed by atoms with van der Waals surface area (Å²) in [5.74, 6) is -5.51. The molecule has 5 nitrogen and oxygen atoms in total. The highest BCUT2D eigenvalue weighted by Gasteiger charge is 2.38. The summed E-state index contributed by atoms with van der Waals surface area (Å²) in [6.07, 6.45) is -6.18. The Kier molecular flexibility index (Phi) is 7.10. The minimum absolute atomic E-state index is 1.28. The lowest BCUT2D eigenvalue weighted by Gasteiger charge is -1.93. The van der Waals surface area contributed by atoms with E-state index in [1.165, 1.54) is 10.8 Å². The maximum absolute atomic E-state index is 10.6. The molecule has 23 heavy (non-hydrogen) atoms. The smallest absolute Gasteiger partial charge is 0.475 e. The number of carbonyl (C=O) groups is 2. The second-order valence-electron chi connectivity index (χ2n) is 3.69. The van der Waals surface area contributed by atoms with Gasteiger partial charge in [0.1, 0.15) is 0 Å². The molecule has 0 aliphatic carbocycles. The Hall–Kier alpha value is -2.72. The number of aromatic amines is 1. The first-order valence-corrected chi connectivity index (χ1v) is 5.47. The lowest BCUT2D eigenvalue weighted by atomic mass is 10.2. The van der Waals surface area contributed by atoms with Crippen molar-refractivity contribution in [2.24, 2.45) is 0 Å². The fourth-order valence-corrected chi connectivity index (χ4v) is 0.995. The van der Waals surface area contributed by atoms with Gasteiger partial charge in [-0.05, 0) is 10.8 Å². The van der Waals surface area contributed by atoms with Crippen LogP contribution in [0.25, 0.3) is 10.8 Å². The molecule has 2 aromatic rings. The van der Waals surface area contributed by atoms with Gasteiger partial charge in [-0.3, -0.25) is 0 Å². The van der Waals surface area contributed by atoms with E-state index in [9.17, 15) is 26.3 Å². The second-order valence-corrected chi connectivity index (χ2v) is 3.69. The van der Waals surface area contributed by atoms with Crippen molar-refractivity contribution in [3.63, 3.8) is 0 Å².